The highest BCUT2D eigenvalue weighted by Gasteiger charge is 2.21. The largest absolute Gasteiger partial charge is 0.382 e. The maximum Gasteiger partial charge on any atom is 0.133 e. The molecule has 0 aromatic heterocycles. The quantitative estimate of drug-likeness (QED) is 0.603. The van der Waals surface area contributed by atoms with E-state index in [2.05, 4.69) is 4.90 Å². The lowest BCUT2D eigenvalue weighted by Crippen LogP contribution is -2.36. The Morgan fingerprint density at radius 3 is 2.53 bits per heavy atom. The van der Waals surface area contributed by atoms with Gasteiger partial charge in [-0.3, -0.25) is 4.79 Å². The molecule has 0 radical (unpaired) electrons. The summed E-state index contributed by atoms with van der Waals surface area (Å²) >= 11 is 0. The smallest absolute Gasteiger partial charge is 0.133 e. The Morgan fingerprint density at radius 2 is 1.94 bits per heavy atom. The number of hydrogen-bond acceptors (Lipinski definition) is 4. The number of methoxy groups -OCH3 is 1. The second-order valence-electron chi connectivity index (χ2n) is 4.69. The number of Topliss-reactive ketones (excluding diaryl/α,β-unsaturated/α-hetero) is 1. The molecule has 0 saturated carbocycles. The number of carbonyl (C=O) groups is 1. The summed E-state index contributed by atoms with van der Waals surface area (Å²) < 4.78 is 10.3. The molecule has 0 aliphatic carbocycles. The molecule has 1 aliphatic rings. The molecule has 0 aromatic carbocycles. The number of hydrogen-bond donors (Lipinski definition) is 0. The first-order chi connectivity index (χ1) is 8.24. The Morgan fingerprint density at radius 1 is 1.24 bits per heavy atom. The Balaban J connectivity index is 1.97. The van der Waals surface area contributed by atoms with Gasteiger partial charge in [0.15, 0.2) is 0 Å². The summed E-state index contributed by atoms with van der Waals surface area (Å²) in [7, 11) is 1.68. The molecule has 1 heterocycles. The predicted octanol–water partition coefficient (Wildman–Crippen LogP) is 1.34. The lowest BCUT2D eigenvalue weighted by molar-refractivity contribution is -0.122. The molecular weight excluding hydrogens is 218 g/mol. The van der Waals surface area contributed by atoms with Gasteiger partial charge in [-0.2, -0.15) is 0 Å². The molecule has 0 N–H and O–H groups in total. The molecule has 4 nitrogen and oxygen atoms in total. The van der Waals surface area contributed by atoms with Gasteiger partial charge in [0.2, 0.25) is 0 Å². The summed E-state index contributed by atoms with van der Waals surface area (Å²) in [6, 6.07) is 0. The van der Waals surface area contributed by atoms with Crippen molar-refractivity contribution in [3.8, 4) is 0 Å². The van der Waals surface area contributed by atoms with Gasteiger partial charge in [-0.05, 0) is 39.3 Å². The number of ketones is 1. The van der Waals surface area contributed by atoms with E-state index in [0.29, 0.717) is 24.9 Å². The maximum absolute atomic E-state index is 11.2. The van der Waals surface area contributed by atoms with Crippen LogP contribution in [-0.2, 0) is 14.3 Å². The van der Waals surface area contributed by atoms with Crippen molar-refractivity contribution in [3.63, 3.8) is 0 Å². The highest BCUT2D eigenvalue weighted by molar-refractivity contribution is 5.78. The van der Waals surface area contributed by atoms with Gasteiger partial charge in [0.05, 0.1) is 13.2 Å². The van der Waals surface area contributed by atoms with E-state index in [-0.39, 0.29) is 0 Å². The Labute approximate surface area is 104 Å². The van der Waals surface area contributed by atoms with Gasteiger partial charge in [-0.1, -0.05) is 0 Å². The summed E-state index contributed by atoms with van der Waals surface area (Å²) in [6.45, 7) is 7.06. The average Bonchev–Trinajstić information content (AvgIpc) is 2.34. The second kappa shape index (κ2) is 8.61. The minimum absolute atomic E-state index is 0.309. The van der Waals surface area contributed by atoms with Crippen LogP contribution in [0.15, 0.2) is 0 Å². The van der Waals surface area contributed by atoms with Crippen LogP contribution in [0.5, 0.6) is 0 Å². The van der Waals surface area contributed by atoms with Crippen LogP contribution in [0, 0.1) is 5.92 Å². The molecule has 1 fully saturated rings. The van der Waals surface area contributed by atoms with Crippen LogP contribution in [0.4, 0.5) is 0 Å². The zero-order chi connectivity index (χ0) is 12.5. The normalized spacial score (nSPS) is 18.5. The van der Waals surface area contributed by atoms with Crippen molar-refractivity contribution in [2.24, 2.45) is 5.92 Å². The molecule has 0 spiro atoms. The first kappa shape index (κ1) is 14.6. The lowest BCUT2D eigenvalue weighted by Gasteiger charge is -2.30. The summed E-state index contributed by atoms with van der Waals surface area (Å²) in [5.41, 5.74) is 0. The molecule has 0 aromatic rings. The van der Waals surface area contributed by atoms with Crippen LogP contribution in [0.2, 0.25) is 0 Å². The van der Waals surface area contributed by atoms with Gasteiger partial charge in [0.25, 0.3) is 0 Å². The van der Waals surface area contributed by atoms with E-state index in [0.717, 1.165) is 45.5 Å². The molecule has 1 saturated heterocycles. The zero-order valence-corrected chi connectivity index (χ0v) is 11.1. The highest BCUT2D eigenvalue weighted by atomic mass is 16.5. The number of rotatable bonds is 8. The van der Waals surface area contributed by atoms with Crippen LogP contribution >= 0.6 is 0 Å². The maximum atomic E-state index is 11.2. The standard InChI is InChI=1S/C13H25NO3/c1-12(15)13-4-7-14(8-5-13)6-3-9-17-11-10-16-2/h13H,3-11H2,1-2H3. The van der Waals surface area contributed by atoms with Crippen molar-refractivity contribution >= 4 is 5.78 Å². The van der Waals surface area contributed by atoms with E-state index < -0.39 is 0 Å². The van der Waals surface area contributed by atoms with Crippen molar-refractivity contribution < 1.29 is 14.3 Å². The third-order valence-electron chi connectivity index (χ3n) is 3.36. The highest BCUT2D eigenvalue weighted by Crippen LogP contribution is 2.17. The first-order valence-corrected chi connectivity index (χ1v) is 6.53. The lowest BCUT2D eigenvalue weighted by atomic mass is 9.93. The number of ether oxygens (including phenoxy) is 2. The number of nitrogens with zero attached hydrogens (tertiary/aromatic N) is 1. The van der Waals surface area contributed by atoms with E-state index in [9.17, 15) is 4.79 Å². The zero-order valence-electron chi connectivity index (χ0n) is 11.1. The summed E-state index contributed by atoms with van der Waals surface area (Å²) in [4.78, 5) is 13.6. The van der Waals surface area contributed by atoms with Gasteiger partial charge in [0.1, 0.15) is 5.78 Å². The van der Waals surface area contributed by atoms with Crippen molar-refractivity contribution in [1.29, 1.82) is 0 Å². The Kier molecular flexibility index (Phi) is 7.40. The predicted molar refractivity (Wildman–Crippen MR) is 67.2 cm³/mol. The van der Waals surface area contributed by atoms with Crippen LogP contribution in [0.25, 0.3) is 0 Å². The topological polar surface area (TPSA) is 38.8 Å². The van der Waals surface area contributed by atoms with Crippen molar-refractivity contribution in [3.05, 3.63) is 0 Å². The van der Waals surface area contributed by atoms with E-state index in [4.69, 9.17) is 9.47 Å². The third-order valence-corrected chi connectivity index (χ3v) is 3.36. The van der Waals surface area contributed by atoms with Crippen LogP contribution in [-0.4, -0.2) is 57.2 Å². The summed E-state index contributed by atoms with van der Waals surface area (Å²) in [5.74, 6) is 0.664. The molecule has 100 valence electrons. The third kappa shape index (κ3) is 6.15. The minimum Gasteiger partial charge on any atom is -0.382 e. The van der Waals surface area contributed by atoms with Crippen LogP contribution in [0.3, 0.4) is 0 Å². The molecule has 0 atom stereocenters. The number of piperidine rings is 1. The molecule has 17 heavy (non-hydrogen) atoms. The Bertz CT molecular complexity index is 213. The second-order valence-corrected chi connectivity index (χ2v) is 4.69. The molecule has 0 amide bonds. The average molecular weight is 243 g/mol. The minimum atomic E-state index is 0.309. The molecule has 1 aliphatic heterocycles. The molecule has 0 unspecified atom stereocenters. The van der Waals surface area contributed by atoms with Crippen molar-refractivity contribution in [2.75, 3.05) is 46.6 Å². The van der Waals surface area contributed by atoms with Gasteiger partial charge in [-0.15, -0.1) is 0 Å². The van der Waals surface area contributed by atoms with Crippen molar-refractivity contribution in [2.45, 2.75) is 26.2 Å². The fourth-order valence-corrected chi connectivity index (χ4v) is 2.20. The van der Waals surface area contributed by atoms with Gasteiger partial charge in [0, 0.05) is 26.2 Å². The van der Waals surface area contributed by atoms with Crippen molar-refractivity contribution in [1.82, 2.24) is 4.90 Å². The molecule has 4 heteroatoms. The fourth-order valence-electron chi connectivity index (χ4n) is 2.20. The fraction of sp³-hybridized carbons (Fsp3) is 0.923. The van der Waals surface area contributed by atoms with Gasteiger partial charge >= 0.3 is 0 Å². The number of carbonyl (C=O) groups excluding carboxylic acids is 1. The molecule has 1 rings (SSSR count). The summed E-state index contributed by atoms with van der Waals surface area (Å²) in [6.07, 6.45) is 3.12. The SMILES string of the molecule is COCCOCCCN1CCC(C(C)=O)CC1. The first-order valence-electron chi connectivity index (χ1n) is 6.53. The van der Waals surface area contributed by atoms with E-state index >= 15 is 0 Å². The Hall–Kier alpha value is -0.450. The summed E-state index contributed by atoms with van der Waals surface area (Å²) in [5, 5.41) is 0. The monoisotopic (exact) mass is 243 g/mol. The number of likely N-dealkylation sites (tertiary alicyclic amines) is 1. The molecular formula is C13H25NO3. The van der Waals surface area contributed by atoms with E-state index in [1.165, 1.54) is 0 Å². The molecule has 0 bridgehead atoms. The van der Waals surface area contributed by atoms with Crippen LogP contribution < -0.4 is 0 Å². The van der Waals surface area contributed by atoms with E-state index in [1.54, 1.807) is 14.0 Å². The van der Waals surface area contributed by atoms with Gasteiger partial charge < -0.3 is 14.4 Å². The van der Waals surface area contributed by atoms with Crippen LogP contribution in [0.1, 0.15) is 26.2 Å². The van der Waals surface area contributed by atoms with E-state index in [1.807, 2.05) is 0 Å². The van der Waals surface area contributed by atoms with Gasteiger partial charge in [-0.25, -0.2) is 0 Å².